The summed E-state index contributed by atoms with van der Waals surface area (Å²) < 4.78 is 0. The van der Waals surface area contributed by atoms with Crippen molar-refractivity contribution in [1.82, 2.24) is 4.98 Å². The molecule has 0 spiro atoms. The normalized spacial score (nSPS) is 11.9. The summed E-state index contributed by atoms with van der Waals surface area (Å²) in [5.74, 6) is 5.90. The van der Waals surface area contributed by atoms with Gasteiger partial charge in [-0.1, -0.05) is 6.92 Å². The second-order valence-electron chi connectivity index (χ2n) is 3.42. The minimum Gasteiger partial charge on any atom is -0.369 e. The van der Waals surface area contributed by atoms with Crippen LogP contribution >= 0.6 is 11.8 Å². The van der Waals surface area contributed by atoms with Crippen molar-refractivity contribution in [3.8, 4) is 0 Å². The van der Waals surface area contributed by atoms with Crippen molar-refractivity contribution in [2.75, 3.05) is 23.5 Å². The smallest absolute Gasteiger partial charge is 0.276 e. The molecule has 7 nitrogen and oxygen atoms in total. The van der Waals surface area contributed by atoms with Gasteiger partial charge in [-0.05, 0) is 6.26 Å². The highest BCUT2D eigenvalue weighted by atomic mass is 32.2. The van der Waals surface area contributed by atoms with E-state index in [0.717, 1.165) is 0 Å². The molecule has 0 aliphatic rings. The third-order valence-electron chi connectivity index (χ3n) is 2.14. The van der Waals surface area contributed by atoms with E-state index < -0.39 is 4.92 Å². The Morgan fingerprint density at radius 3 is 2.76 bits per heavy atom. The molecule has 94 valence electrons. The van der Waals surface area contributed by atoms with E-state index in [9.17, 15) is 10.1 Å². The molecule has 0 aromatic carbocycles. The molecule has 0 radical (unpaired) electrons. The lowest BCUT2D eigenvalue weighted by Gasteiger charge is -2.11. The zero-order valence-electron chi connectivity index (χ0n) is 9.64. The van der Waals surface area contributed by atoms with E-state index in [0.29, 0.717) is 17.6 Å². The number of pyridine rings is 1. The molecule has 0 bridgehead atoms. The second kappa shape index (κ2) is 6.26. The first-order valence-corrected chi connectivity index (χ1v) is 6.25. The summed E-state index contributed by atoms with van der Waals surface area (Å²) in [6.45, 7) is 2.73. The topological polar surface area (TPSA) is 106 Å². The van der Waals surface area contributed by atoms with Gasteiger partial charge in [-0.3, -0.25) is 10.1 Å². The fourth-order valence-electron chi connectivity index (χ4n) is 1.12. The maximum Gasteiger partial charge on any atom is 0.276 e. The first-order chi connectivity index (χ1) is 8.06. The fraction of sp³-hybridized carbons (Fsp3) is 0.444. The van der Waals surface area contributed by atoms with Gasteiger partial charge in [-0.15, -0.1) is 0 Å². The molecular weight excluding hydrogens is 242 g/mol. The molecule has 17 heavy (non-hydrogen) atoms. The number of nitrogens with one attached hydrogen (secondary N) is 2. The van der Waals surface area contributed by atoms with Gasteiger partial charge in [0.15, 0.2) is 0 Å². The van der Waals surface area contributed by atoms with E-state index in [4.69, 9.17) is 5.84 Å². The average Bonchev–Trinajstić information content (AvgIpc) is 2.35. The third-order valence-corrected chi connectivity index (χ3v) is 3.11. The molecule has 1 heterocycles. The van der Waals surface area contributed by atoms with Crippen molar-refractivity contribution in [3.05, 3.63) is 22.2 Å². The number of nitrogens with zero attached hydrogens (tertiary/aromatic N) is 2. The van der Waals surface area contributed by atoms with E-state index in [-0.39, 0.29) is 11.5 Å². The molecule has 4 N–H and O–H groups in total. The van der Waals surface area contributed by atoms with Gasteiger partial charge in [-0.25, -0.2) is 10.8 Å². The van der Waals surface area contributed by atoms with Crippen molar-refractivity contribution in [2.24, 2.45) is 5.84 Å². The lowest BCUT2D eigenvalue weighted by Crippen LogP contribution is -2.15. The van der Waals surface area contributed by atoms with Crippen LogP contribution in [0.4, 0.5) is 17.3 Å². The van der Waals surface area contributed by atoms with Crippen molar-refractivity contribution >= 4 is 29.1 Å². The largest absolute Gasteiger partial charge is 0.369 e. The van der Waals surface area contributed by atoms with E-state index in [1.165, 1.54) is 12.1 Å². The number of hydrogen-bond donors (Lipinski definition) is 3. The predicted molar refractivity (Wildman–Crippen MR) is 70.2 cm³/mol. The summed E-state index contributed by atoms with van der Waals surface area (Å²) in [7, 11) is 0. The number of thioether (sulfide) groups is 1. The Kier molecular flexibility index (Phi) is 4.98. The van der Waals surface area contributed by atoms with Crippen LogP contribution in [0.3, 0.4) is 0 Å². The first kappa shape index (κ1) is 13.5. The van der Waals surface area contributed by atoms with Crippen LogP contribution in [0.5, 0.6) is 0 Å². The molecule has 0 amide bonds. The van der Waals surface area contributed by atoms with Crippen molar-refractivity contribution in [3.63, 3.8) is 0 Å². The Balaban J connectivity index is 2.83. The van der Waals surface area contributed by atoms with Crippen LogP contribution in [-0.4, -0.2) is 28.0 Å². The SMILES string of the molecule is CSC(C)CNc1cc([N+](=O)[O-])cc(NN)n1. The Morgan fingerprint density at radius 2 is 2.24 bits per heavy atom. The molecule has 0 fully saturated rings. The van der Waals surface area contributed by atoms with Crippen LogP contribution in [0.15, 0.2) is 12.1 Å². The molecule has 0 saturated carbocycles. The minimum atomic E-state index is -0.480. The molecule has 1 aromatic heterocycles. The molecule has 1 atom stereocenters. The summed E-state index contributed by atoms with van der Waals surface area (Å²) in [5, 5.41) is 14.1. The standard InChI is InChI=1S/C9H15N5O2S/c1-6(17-2)5-11-8-3-7(14(15)16)4-9(12-8)13-10/h3-4,6H,5,10H2,1-2H3,(H2,11,12,13). The molecule has 1 aromatic rings. The zero-order chi connectivity index (χ0) is 12.8. The lowest BCUT2D eigenvalue weighted by atomic mass is 10.3. The number of rotatable bonds is 6. The summed E-state index contributed by atoms with van der Waals surface area (Å²) in [6.07, 6.45) is 2.00. The monoisotopic (exact) mass is 257 g/mol. The highest BCUT2D eigenvalue weighted by molar-refractivity contribution is 7.99. The van der Waals surface area contributed by atoms with Gasteiger partial charge in [0.1, 0.15) is 11.6 Å². The van der Waals surface area contributed by atoms with Crippen LogP contribution in [0, 0.1) is 10.1 Å². The van der Waals surface area contributed by atoms with Crippen LogP contribution in [0.1, 0.15) is 6.92 Å². The predicted octanol–water partition coefficient (Wildman–Crippen LogP) is 1.44. The number of anilines is 2. The molecule has 1 rings (SSSR count). The molecule has 1 unspecified atom stereocenters. The molecule has 0 aliphatic carbocycles. The van der Waals surface area contributed by atoms with Crippen molar-refractivity contribution < 1.29 is 4.92 Å². The van der Waals surface area contributed by atoms with Crippen LogP contribution in [0.25, 0.3) is 0 Å². The van der Waals surface area contributed by atoms with E-state index in [1.54, 1.807) is 11.8 Å². The van der Waals surface area contributed by atoms with E-state index in [1.807, 2.05) is 6.26 Å². The second-order valence-corrected chi connectivity index (χ2v) is 4.70. The lowest BCUT2D eigenvalue weighted by molar-refractivity contribution is -0.384. The first-order valence-electron chi connectivity index (χ1n) is 4.96. The van der Waals surface area contributed by atoms with Gasteiger partial charge in [0.05, 0.1) is 17.1 Å². The number of aromatic nitrogens is 1. The molecule has 0 saturated heterocycles. The maximum atomic E-state index is 10.7. The van der Waals surface area contributed by atoms with Gasteiger partial charge in [-0.2, -0.15) is 11.8 Å². The highest BCUT2D eigenvalue weighted by Crippen LogP contribution is 2.20. The third kappa shape index (κ3) is 4.08. The maximum absolute atomic E-state index is 10.7. The minimum absolute atomic E-state index is 0.0488. The van der Waals surface area contributed by atoms with Crippen molar-refractivity contribution in [1.29, 1.82) is 0 Å². The molecule has 8 heteroatoms. The number of nitro groups is 1. The zero-order valence-corrected chi connectivity index (χ0v) is 10.5. The van der Waals surface area contributed by atoms with E-state index >= 15 is 0 Å². The quantitative estimate of drug-likeness (QED) is 0.402. The average molecular weight is 257 g/mol. The molecular formula is C9H15N5O2S. The number of nitrogens with two attached hydrogens (primary N) is 1. The Bertz CT molecular complexity index is 401. The van der Waals surface area contributed by atoms with Crippen LogP contribution in [-0.2, 0) is 0 Å². The highest BCUT2D eigenvalue weighted by Gasteiger charge is 2.11. The summed E-state index contributed by atoms with van der Waals surface area (Å²) in [6, 6.07) is 2.66. The molecule has 0 aliphatic heterocycles. The van der Waals surface area contributed by atoms with Crippen LogP contribution < -0.4 is 16.6 Å². The summed E-state index contributed by atoms with van der Waals surface area (Å²) in [5.41, 5.74) is 2.25. The number of hydrogen-bond acceptors (Lipinski definition) is 7. The Labute approximate surface area is 103 Å². The van der Waals surface area contributed by atoms with E-state index in [2.05, 4.69) is 22.7 Å². The van der Waals surface area contributed by atoms with Gasteiger partial charge >= 0.3 is 0 Å². The Hall–Kier alpha value is -1.54. The van der Waals surface area contributed by atoms with Gasteiger partial charge in [0.25, 0.3) is 5.69 Å². The van der Waals surface area contributed by atoms with Gasteiger partial charge in [0, 0.05) is 11.8 Å². The van der Waals surface area contributed by atoms with Crippen LogP contribution in [0.2, 0.25) is 0 Å². The van der Waals surface area contributed by atoms with Gasteiger partial charge in [0.2, 0.25) is 0 Å². The number of hydrazine groups is 1. The Morgan fingerprint density at radius 1 is 1.59 bits per heavy atom. The number of nitrogen functional groups attached to an aromatic ring is 1. The summed E-state index contributed by atoms with van der Waals surface area (Å²) >= 11 is 1.70. The van der Waals surface area contributed by atoms with Crippen molar-refractivity contribution in [2.45, 2.75) is 12.2 Å². The fourth-order valence-corrected chi connectivity index (χ4v) is 1.37. The summed E-state index contributed by atoms with van der Waals surface area (Å²) in [4.78, 5) is 14.3. The van der Waals surface area contributed by atoms with Gasteiger partial charge < -0.3 is 10.7 Å².